The number of nitrogens with two attached hydrogens (primary N) is 1. The van der Waals surface area contributed by atoms with E-state index in [1.165, 1.54) is 10.7 Å². The highest BCUT2D eigenvalue weighted by molar-refractivity contribution is 6.02. The molecule has 1 unspecified atom stereocenters. The van der Waals surface area contributed by atoms with Crippen molar-refractivity contribution in [2.45, 2.75) is 33.5 Å². The molecule has 0 radical (unpaired) electrons. The lowest BCUT2D eigenvalue weighted by atomic mass is 10.2. The number of ether oxygens (including phenoxy) is 1. The number of fused-ring (bicyclic) bond motifs is 1. The number of anilines is 1. The number of nitrogens with one attached hydrogen (secondary N) is 1. The van der Waals surface area contributed by atoms with E-state index in [2.05, 4.69) is 30.4 Å². The Balaban J connectivity index is 1.80. The first-order valence-corrected chi connectivity index (χ1v) is 9.23. The summed E-state index contributed by atoms with van der Waals surface area (Å²) in [5.74, 6) is -0.384. The summed E-state index contributed by atoms with van der Waals surface area (Å²) in [6.07, 6.45) is 1.35. The van der Waals surface area contributed by atoms with Gasteiger partial charge in [0.05, 0.1) is 40.9 Å². The standard InChI is InChI=1S/C19H20F2N8O/c1-9-14-6-24-19-26-16(11(3)25-15-4-12(20)5-23-10(15)2)17(22)30-8-13(21)7-29(28-9)18(14)27-19/h4-6,13H,7-8,22H2,1-3H3,(H,24,26,27)/b17-16-,25-11?. The Labute approximate surface area is 170 Å². The summed E-state index contributed by atoms with van der Waals surface area (Å²) >= 11 is 0. The number of halogens is 2. The molecule has 0 aromatic carbocycles. The summed E-state index contributed by atoms with van der Waals surface area (Å²) < 4.78 is 35.0. The predicted octanol–water partition coefficient (Wildman–Crippen LogP) is 2.68. The number of allylic oxidation sites excluding steroid dienone is 1. The van der Waals surface area contributed by atoms with Crippen LogP contribution in [0.2, 0.25) is 0 Å². The van der Waals surface area contributed by atoms with Gasteiger partial charge in [0.1, 0.15) is 18.1 Å². The summed E-state index contributed by atoms with van der Waals surface area (Å²) in [4.78, 5) is 17.1. The van der Waals surface area contributed by atoms with Crippen LogP contribution in [0.5, 0.6) is 0 Å². The number of aliphatic imine (C=N–C) groups is 1. The van der Waals surface area contributed by atoms with E-state index in [0.29, 0.717) is 28.4 Å². The van der Waals surface area contributed by atoms with E-state index >= 15 is 0 Å². The molecule has 3 aromatic rings. The number of aromatic nitrogens is 5. The number of rotatable bonds is 2. The zero-order valence-electron chi connectivity index (χ0n) is 16.6. The summed E-state index contributed by atoms with van der Waals surface area (Å²) in [5, 5.41) is 8.04. The van der Waals surface area contributed by atoms with Crippen molar-refractivity contribution in [2.24, 2.45) is 10.7 Å². The highest BCUT2D eigenvalue weighted by Crippen LogP contribution is 2.22. The van der Waals surface area contributed by atoms with E-state index in [1.807, 2.05) is 0 Å². The van der Waals surface area contributed by atoms with Crippen LogP contribution in [0.4, 0.5) is 20.4 Å². The Bertz CT molecular complexity index is 1190. The fourth-order valence-corrected chi connectivity index (χ4v) is 3.08. The van der Waals surface area contributed by atoms with Crippen molar-refractivity contribution >= 4 is 28.4 Å². The SMILES string of the molecule is CC(=Nc1cc(F)cnc1C)/C1=C(\N)OCC(F)Cn2nc(C)c3cnc(nc32)N1. The fourth-order valence-electron chi connectivity index (χ4n) is 3.08. The van der Waals surface area contributed by atoms with Crippen LogP contribution in [0.15, 0.2) is 35.0 Å². The molecule has 11 heteroatoms. The summed E-state index contributed by atoms with van der Waals surface area (Å²) in [6, 6.07) is 1.26. The largest absolute Gasteiger partial charge is 0.475 e. The smallest absolute Gasteiger partial charge is 0.229 e. The van der Waals surface area contributed by atoms with Crippen LogP contribution in [-0.2, 0) is 11.3 Å². The topological polar surface area (TPSA) is 116 Å². The van der Waals surface area contributed by atoms with E-state index in [1.54, 1.807) is 27.0 Å². The molecule has 2 bridgehead atoms. The van der Waals surface area contributed by atoms with Crippen LogP contribution in [0.25, 0.3) is 11.0 Å². The molecule has 0 amide bonds. The van der Waals surface area contributed by atoms with Gasteiger partial charge in [0.2, 0.25) is 11.8 Å². The van der Waals surface area contributed by atoms with E-state index in [0.717, 1.165) is 11.6 Å². The first-order valence-electron chi connectivity index (χ1n) is 9.23. The molecule has 1 atom stereocenters. The highest BCUT2D eigenvalue weighted by Gasteiger charge is 2.20. The van der Waals surface area contributed by atoms with Gasteiger partial charge in [0.25, 0.3) is 0 Å². The van der Waals surface area contributed by atoms with E-state index in [9.17, 15) is 8.78 Å². The van der Waals surface area contributed by atoms with Gasteiger partial charge in [0, 0.05) is 12.3 Å². The van der Waals surface area contributed by atoms with Crippen LogP contribution in [0.3, 0.4) is 0 Å². The number of aryl methyl sites for hydroxylation is 2. The van der Waals surface area contributed by atoms with Gasteiger partial charge in [-0.15, -0.1) is 0 Å². The number of alkyl halides is 1. The van der Waals surface area contributed by atoms with Gasteiger partial charge in [-0.25, -0.2) is 23.4 Å². The first kappa shape index (κ1) is 19.7. The van der Waals surface area contributed by atoms with Crippen molar-refractivity contribution in [3.05, 3.63) is 47.2 Å². The van der Waals surface area contributed by atoms with E-state index in [4.69, 9.17) is 10.5 Å². The second-order valence-electron chi connectivity index (χ2n) is 6.93. The first-order chi connectivity index (χ1) is 14.3. The minimum Gasteiger partial charge on any atom is -0.475 e. The minimum atomic E-state index is -1.37. The lowest BCUT2D eigenvalue weighted by molar-refractivity contribution is 0.119. The molecule has 3 aromatic heterocycles. The van der Waals surface area contributed by atoms with Crippen LogP contribution < -0.4 is 11.1 Å². The second-order valence-corrected chi connectivity index (χ2v) is 6.93. The monoisotopic (exact) mass is 414 g/mol. The Morgan fingerprint density at radius 1 is 1.30 bits per heavy atom. The molecule has 4 rings (SSSR count). The summed E-state index contributed by atoms with van der Waals surface area (Å²) in [5.41, 5.74) is 8.74. The van der Waals surface area contributed by atoms with Gasteiger partial charge >= 0.3 is 0 Å². The molecule has 0 saturated carbocycles. The van der Waals surface area contributed by atoms with E-state index in [-0.39, 0.29) is 30.7 Å². The van der Waals surface area contributed by atoms with Crippen LogP contribution in [-0.4, -0.2) is 43.2 Å². The molecule has 1 aliphatic rings. The third-order valence-corrected chi connectivity index (χ3v) is 4.62. The third-order valence-electron chi connectivity index (χ3n) is 4.62. The highest BCUT2D eigenvalue weighted by atomic mass is 19.1. The number of hydrogen-bond acceptors (Lipinski definition) is 8. The van der Waals surface area contributed by atoms with Crippen molar-refractivity contribution < 1.29 is 13.5 Å². The number of hydrogen-bond donors (Lipinski definition) is 2. The molecule has 0 aliphatic carbocycles. The number of nitrogens with zero attached hydrogens (tertiary/aromatic N) is 6. The maximum Gasteiger partial charge on any atom is 0.229 e. The Kier molecular flexibility index (Phi) is 5.02. The Morgan fingerprint density at radius 2 is 2.10 bits per heavy atom. The van der Waals surface area contributed by atoms with E-state index < -0.39 is 12.0 Å². The minimum absolute atomic E-state index is 0.0371. The van der Waals surface area contributed by atoms with Gasteiger partial charge in [-0.2, -0.15) is 10.1 Å². The molecular formula is C19H20F2N8O. The maximum absolute atomic E-state index is 14.5. The Morgan fingerprint density at radius 3 is 2.90 bits per heavy atom. The Hall–Kier alpha value is -3.63. The molecule has 0 fully saturated rings. The van der Waals surface area contributed by atoms with Gasteiger partial charge in [-0.3, -0.25) is 4.98 Å². The lowest BCUT2D eigenvalue weighted by Gasteiger charge is -2.15. The summed E-state index contributed by atoms with van der Waals surface area (Å²) in [7, 11) is 0. The molecule has 9 nitrogen and oxygen atoms in total. The van der Waals surface area contributed by atoms with Gasteiger partial charge in [-0.05, 0) is 20.8 Å². The average molecular weight is 414 g/mol. The molecule has 0 saturated heterocycles. The van der Waals surface area contributed by atoms with Gasteiger partial charge < -0.3 is 15.8 Å². The van der Waals surface area contributed by atoms with Crippen molar-refractivity contribution in [3.8, 4) is 0 Å². The number of pyridine rings is 1. The van der Waals surface area contributed by atoms with Crippen LogP contribution >= 0.6 is 0 Å². The van der Waals surface area contributed by atoms with Crippen LogP contribution in [0, 0.1) is 19.7 Å². The second kappa shape index (κ2) is 7.65. The fraction of sp³-hybridized carbons (Fsp3) is 0.316. The molecule has 1 aliphatic heterocycles. The van der Waals surface area contributed by atoms with Crippen molar-refractivity contribution in [2.75, 3.05) is 11.9 Å². The molecule has 156 valence electrons. The summed E-state index contributed by atoms with van der Waals surface area (Å²) in [6.45, 7) is 4.85. The van der Waals surface area contributed by atoms with Crippen molar-refractivity contribution in [3.63, 3.8) is 0 Å². The molecule has 4 heterocycles. The zero-order valence-corrected chi connectivity index (χ0v) is 16.6. The third kappa shape index (κ3) is 3.78. The zero-order chi connectivity index (χ0) is 21.4. The van der Waals surface area contributed by atoms with Crippen LogP contribution in [0.1, 0.15) is 18.3 Å². The molecule has 3 N–H and O–H groups in total. The van der Waals surface area contributed by atoms with Gasteiger partial charge in [-0.1, -0.05) is 0 Å². The normalized spacial score (nSPS) is 20.0. The maximum atomic E-state index is 14.5. The van der Waals surface area contributed by atoms with Crippen molar-refractivity contribution in [1.29, 1.82) is 0 Å². The lowest BCUT2D eigenvalue weighted by Crippen LogP contribution is -2.23. The quantitative estimate of drug-likeness (QED) is 0.619. The van der Waals surface area contributed by atoms with Crippen molar-refractivity contribution in [1.82, 2.24) is 24.7 Å². The molecular weight excluding hydrogens is 394 g/mol. The van der Waals surface area contributed by atoms with Gasteiger partial charge in [0.15, 0.2) is 11.8 Å². The average Bonchev–Trinajstić information content (AvgIpc) is 3.00. The predicted molar refractivity (Wildman–Crippen MR) is 107 cm³/mol. The molecule has 30 heavy (non-hydrogen) atoms. The molecule has 0 spiro atoms.